The van der Waals surface area contributed by atoms with Crippen molar-refractivity contribution in [2.45, 2.75) is 45.6 Å². The van der Waals surface area contributed by atoms with E-state index in [-0.39, 0.29) is 27.4 Å². The third-order valence-electron chi connectivity index (χ3n) is 5.23. The first-order valence-electron chi connectivity index (χ1n) is 8.48. The van der Waals surface area contributed by atoms with E-state index in [4.69, 9.17) is 0 Å². The summed E-state index contributed by atoms with van der Waals surface area (Å²) in [6.45, 7) is 8.52. The lowest BCUT2D eigenvalue weighted by Crippen LogP contribution is -2.45. The quantitative estimate of drug-likeness (QED) is 0.721. The van der Waals surface area contributed by atoms with Crippen molar-refractivity contribution in [2.24, 2.45) is 0 Å². The minimum atomic E-state index is -0.376. The van der Waals surface area contributed by atoms with E-state index in [1.165, 1.54) is 11.0 Å². The molecule has 0 aliphatic carbocycles. The van der Waals surface area contributed by atoms with Crippen molar-refractivity contribution < 1.29 is 14.0 Å². The van der Waals surface area contributed by atoms with Crippen LogP contribution in [0.1, 0.15) is 51.2 Å². The van der Waals surface area contributed by atoms with Gasteiger partial charge >= 0.3 is 0 Å². The summed E-state index contributed by atoms with van der Waals surface area (Å²) in [7, 11) is 1.98. The molecule has 25 heavy (non-hydrogen) atoms. The number of anilines is 1. The summed E-state index contributed by atoms with van der Waals surface area (Å²) in [5.74, 6) is -0.431. The van der Waals surface area contributed by atoms with E-state index in [0.29, 0.717) is 18.0 Å². The number of carbonyl (C=O) groups excluding carboxylic acids is 2. The van der Waals surface area contributed by atoms with Gasteiger partial charge in [0.25, 0.3) is 11.1 Å². The number of fused-ring (bicyclic) bond motifs is 1. The van der Waals surface area contributed by atoms with Crippen molar-refractivity contribution >= 4 is 34.7 Å². The monoisotopic (exact) mass is 362 g/mol. The molecule has 0 N–H and O–H groups in total. The average molecular weight is 362 g/mol. The third-order valence-corrected chi connectivity index (χ3v) is 6.14. The van der Waals surface area contributed by atoms with Crippen LogP contribution < -0.4 is 4.90 Å². The largest absolute Gasteiger partial charge is 0.369 e. The maximum Gasteiger partial charge on any atom is 0.293 e. The summed E-state index contributed by atoms with van der Waals surface area (Å²) in [4.78, 5) is 27.6. The van der Waals surface area contributed by atoms with Crippen molar-refractivity contribution in [1.82, 2.24) is 4.90 Å². The fraction of sp³-hybridized carbons (Fsp3) is 0.474. The average Bonchev–Trinajstić information content (AvgIpc) is 2.79. The summed E-state index contributed by atoms with van der Waals surface area (Å²) < 4.78 is 14.7. The van der Waals surface area contributed by atoms with E-state index < -0.39 is 0 Å². The second-order valence-corrected chi connectivity index (χ2v) is 8.33. The van der Waals surface area contributed by atoms with Crippen LogP contribution in [0.25, 0.3) is 6.08 Å². The highest BCUT2D eigenvalue weighted by Crippen LogP contribution is 2.44. The highest BCUT2D eigenvalue weighted by Gasteiger charge is 2.36. The Bertz CT molecular complexity index is 788. The van der Waals surface area contributed by atoms with Crippen molar-refractivity contribution in [1.29, 1.82) is 0 Å². The number of likely N-dealkylation sites (N-methyl/N-ethyl adjacent to an activating group) is 1. The fourth-order valence-corrected chi connectivity index (χ4v) is 4.52. The zero-order valence-electron chi connectivity index (χ0n) is 15.2. The molecule has 1 atom stereocenters. The molecule has 0 aromatic heterocycles. The molecule has 4 nitrogen and oxygen atoms in total. The van der Waals surface area contributed by atoms with Crippen LogP contribution >= 0.6 is 11.8 Å². The Labute approximate surface area is 152 Å². The topological polar surface area (TPSA) is 40.6 Å². The van der Waals surface area contributed by atoms with E-state index in [1.807, 2.05) is 13.1 Å². The van der Waals surface area contributed by atoms with Gasteiger partial charge in [0.2, 0.25) is 0 Å². The first-order valence-corrected chi connectivity index (χ1v) is 9.30. The predicted molar refractivity (Wildman–Crippen MR) is 100 cm³/mol. The SMILES string of the molecule is CCN1C(=O)S/C(=C/c2cc3c(cc2F)N(C)C(C)(C)CC3C)C1=O. The van der Waals surface area contributed by atoms with Crippen LogP contribution in [0.3, 0.4) is 0 Å². The molecule has 2 amide bonds. The molecule has 1 saturated heterocycles. The van der Waals surface area contributed by atoms with Crippen LogP contribution in [-0.4, -0.2) is 35.2 Å². The minimum Gasteiger partial charge on any atom is -0.369 e. The molecule has 0 bridgehead atoms. The summed E-state index contributed by atoms with van der Waals surface area (Å²) in [5.41, 5.74) is 2.29. The summed E-state index contributed by atoms with van der Waals surface area (Å²) >= 11 is 0.870. The molecule has 2 aliphatic heterocycles. The van der Waals surface area contributed by atoms with Crippen molar-refractivity contribution in [3.05, 3.63) is 34.0 Å². The number of nitrogens with zero attached hydrogens (tertiary/aromatic N) is 2. The number of carbonyl (C=O) groups is 2. The zero-order valence-corrected chi connectivity index (χ0v) is 16.0. The van der Waals surface area contributed by atoms with E-state index in [0.717, 1.165) is 29.4 Å². The van der Waals surface area contributed by atoms with Gasteiger partial charge in [-0.3, -0.25) is 14.5 Å². The first kappa shape index (κ1) is 18.0. The molecular formula is C19H23FN2O2S. The summed E-state index contributed by atoms with van der Waals surface area (Å²) in [6, 6.07) is 3.36. The molecule has 1 unspecified atom stereocenters. The number of amides is 2. The van der Waals surface area contributed by atoms with Crippen LogP contribution in [0.5, 0.6) is 0 Å². The van der Waals surface area contributed by atoms with Gasteiger partial charge in [-0.25, -0.2) is 4.39 Å². The van der Waals surface area contributed by atoms with Gasteiger partial charge in [0, 0.05) is 30.4 Å². The molecule has 6 heteroatoms. The second-order valence-electron chi connectivity index (χ2n) is 7.34. The van der Waals surface area contributed by atoms with E-state index in [1.54, 1.807) is 13.0 Å². The summed E-state index contributed by atoms with van der Waals surface area (Å²) in [6.07, 6.45) is 2.47. The van der Waals surface area contributed by atoms with Crippen LogP contribution in [0.15, 0.2) is 17.0 Å². The molecule has 134 valence electrons. The van der Waals surface area contributed by atoms with Gasteiger partial charge in [-0.2, -0.15) is 0 Å². The lowest BCUT2D eigenvalue weighted by molar-refractivity contribution is -0.122. The first-order chi connectivity index (χ1) is 11.7. The molecule has 0 spiro atoms. The molecular weight excluding hydrogens is 339 g/mol. The van der Waals surface area contributed by atoms with Crippen LogP contribution in [0.2, 0.25) is 0 Å². The Balaban J connectivity index is 2.04. The Morgan fingerprint density at radius 1 is 1.36 bits per heavy atom. The molecule has 0 radical (unpaired) electrons. The lowest BCUT2D eigenvalue weighted by atomic mass is 9.80. The summed E-state index contributed by atoms with van der Waals surface area (Å²) in [5, 5.41) is -0.299. The van der Waals surface area contributed by atoms with Gasteiger partial charge in [-0.1, -0.05) is 6.92 Å². The Morgan fingerprint density at radius 2 is 2.04 bits per heavy atom. The van der Waals surface area contributed by atoms with E-state index in [9.17, 15) is 14.0 Å². The standard InChI is InChI=1S/C19H23FN2O2S/c1-6-22-17(23)16(25-18(22)24)8-12-7-13-11(2)10-19(3,4)21(5)15(13)9-14(12)20/h7-9,11H,6,10H2,1-5H3/b16-8+. The fourth-order valence-electron chi connectivity index (χ4n) is 3.63. The zero-order chi connectivity index (χ0) is 18.5. The molecule has 2 aliphatic rings. The van der Waals surface area contributed by atoms with Crippen molar-refractivity contribution in [3.8, 4) is 0 Å². The normalized spacial score (nSPS) is 24.2. The van der Waals surface area contributed by atoms with Crippen molar-refractivity contribution in [3.63, 3.8) is 0 Å². The molecule has 1 aromatic carbocycles. The Hall–Kier alpha value is -1.82. The van der Waals surface area contributed by atoms with Gasteiger partial charge < -0.3 is 4.90 Å². The number of thioether (sulfide) groups is 1. The number of halogens is 1. The molecule has 1 fully saturated rings. The second kappa shape index (κ2) is 6.16. The molecule has 3 rings (SSSR count). The van der Waals surface area contributed by atoms with E-state index >= 15 is 0 Å². The molecule has 1 aromatic rings. The molecule has 2 heterocycles. The maximum absolute atomic E-state index is 14.7. The van der Waals surface area contributed by atoms with Crippen molar-refractivity contribution in [2.75, 3.05) is 18.5 Å². The number of benzene rings is 1. The van der Waals surface area contributed by atoms with Gasteiger partial charge in [0.05, 0.1) is 4.91 Å². The number of hydrogen-bond donors (Lipinski definition) is 0. The number of rotatable bonds is 2. The number of hydrogen-bond acceptors (Lipinski definition) is 4. The lowest BCUT2D eigenvalue weighted by Gasteiger charge is -2.45. The van der Waals surface area contributed by atoms with Gasteiger partial charge in [-0.15, -0.1) is 0 Å². The van der Waals surface area contributed by atoms with Crippen LogP contribution in [0.4, 0.5) is 14.9 Å². The van der Waals surface area contributed by atoms with Gasteiger partial charge in [-0.05, 0) is 68.6 Å². The Morgan fingerprint density at radius 3 is 2.64 bits per heavy atom. The predicted octanol–water partition coefficient (Wildman–Crippen LogP) is 4.60. The maximum atomic E-state index is 14.7. The van der Waals surface area contributed by atoms with E-state index in [2.05, 4.69) is 25.7 Å². The smallest absolute Gasteiger partial charge is 0.293 e. The minimum absolute atomic E-state index is 0.0375. The van der Waals surface area contributed by atoms with Crippen LogP contribution in [-0.2, 0) is 4.79 Å². The highest BCUT2D eigenvalue weighted by atomic mass is 32.2. The van der Waals surface area contributed by atoms with Gasteiger partial charge in [0.15, 0.2) is 0 Å². The molecule has 0 saturated carbocycles. The van der Waals surface area contributed by atoms with Crippen LogP contribution in [0, 0.1) is 5.82 Å². The number of imide groups is 1. The Kier molecular flexibility index (Phi) is 4.43. The third kappa shape index (κ3) is 2.97. The van der Waals surface area contributed by atoms with Gasteiger partial charge in [0.1, 0.15) is 5.82 Å². The highest BCUT2D eigenvalue weighted by molar-refractivity contribution is 8.18.